The Hall–Kier alpha value is -2.21. The van der Waals surface area contributed by atoms with Crippen LogP contribution < -0.4 is 5.32 Å². The number of aryl methyl sites for hydroxylation is 1. The van der Waals surface area contributed by atoms with Crippen LogP contribution in [-0.4, -0.2) is 38.9 Å². The van der Waals surface area contributed by atoms with Crippen molar-refractivity contribution in [2.75, 3.05) is 13.2 Å². The number of hydrogen-bond donors (Lipinski definition) is 2. The van der Waals surface area contributed by atoms with E-state index in [2.05, 4.69) is 15.4 Å². The number of carbonyl (C=O) groups is 1. The van der Waals surface area contributed by atoms with Crippen molar-refractivity contribution in [3.8, 4) is 11.4 Å². The standard InChI is InChI=1S/C14H18N4O2/c1-10(8-19)7-15-14(20)12-5-3-11(4-6-12)13-16-9-18(2)17-13/h3-6,9-10,19H,7-8H2,1-2H3,(H,15,20). The molecule has 1 amide bonds. The van der Waals surface area contributed by atoms with Crippen LogP contribution in [0.1, 0.15) is 17.3 Å². The molecule has 0 aliphatic heterocycles. The number of aliphatic hydroxyl groups excluding tert-OH is 1. The highest BCUT2D eigenvalue weighted by Gasteiger charge is 2.08. The van der Waals surface area contributed by atoms with Crippen molar-refractivity contribution in [3.63, 3.8) is 0 Å². The number of aromatic nitrogens is 3. The van der Waals surface area contributed by atoms with Crippen LogP contribution in [0.3, 0.4) is 0 Å². The van der Waals surface area contributed by atoms with Gasteiger partial charge in [0.2, 0.25) is 0 Å². The van der Waals surface area contributed by atoms with E-state index in [0.717, 1.165) is 5.56 Å². The van der Waals surface area contributed by atoms with Crippen molar-refractivity contribution < 1.29 is 9.90 Å². The fourth-order valence-corrected chi connectivity index (χ4v) is 1.68. The first-order valence-corrected chi connectivity index (χ1v) is 6.45. The number of nitrogens with one attached hydrogen (secondary N) is 1. The molecule has 0 fully saturated rings. The second-order valence-electron chi connectivity index (χ2n) is 4.82. The van der Waals surface area contributed by atoms with Crippen molar-refractivity contribution in [3.05, 3.63) is 36.2 Å². The van der Waals surface area contributed by atoms with Crippen LogP contribution in [0.25, 0.3) is 11.4 Å². The van der Waals surface area contributed by atoms with E-state index in [1.165, 1.54) is 0 Å². The van der Waals surface area contributed by atoms with Crippen LogP contribution in [0.2, 0.25) is 0 Å². The molecule has 2 N–H and O–H groups in total. The number of aliphatic hydroxyl groups is 1. The van der Waals surface area contributed by atoms with Crippen molar-refractivity contribution >= 4 is 5.91 Å². The zero-order valence-electron chi connectivity index (χ0n) is 11.6. The Balaban J connectivity index is 2.02. The second kappa shape index (κ2) is 6.29. The first-order chi connectivity index (χ1) is 9.60. The van der Waals surface area contributed by atoms with Gasteiger partial charge in [-0.25, -0.2) is 4.98 Å². The lowest BCUT2D eigenvalue weighted by atomic mass is 10.1. The molecule has 0 spiro atoms. The van der Waals surface area contributed by atoms with Crippen LogP contribution in [0.5, 0.6) is 0 Å². The van der Waals surface area contributed by atoms with Gasteiger partial charge in [-0.15, -0.1) is 0 Å². The highest BCUT2D eigenvalue weighted by molar-refractivity contribution is 5.94. The summed E-state index contributed by atoms with van der Waals surface area (Å²) in [7, 11) is 1.81. The summed E-state index contributed by atoms with van der Waals surface area (Å²) in [6.45, 7) is 2.39. The molecular weight excluding hydrogens is 256 g/mol. The van der Waals surface area contributed by atoms with Crippen molar-refractivity contribution in [1.82, 2.24) is 20.1 Å². The molecule has 0 aliphatic carbocycles. The molecule has 6 nitrogen and oxygen atoms in total. The van der Waals surface area contributed by atoms with Crippen LogP contribution in [0, 0.1) is 5.92 Å². The molecule has 1 aromatic heterocycles. The first kappa shape index (κ1) is 14.2. The number of rotatable bonds is 5. The molecule has 1 unspecified atom stereocenters. The molecule has 0 radical (unpaired) electrons. The number of hydrogen-bond acceptors (Lipinski definition) is 4. The number of nitrogens with zero attached hydrogens (tertiary/aromatic N) is 3. The molecule has 0 bridgehead atoms. The lowest BCUT2D eigenvalue weighted by Crippen LogP contribution is -2.29. The molecule has 1 atom stereocenters. The number of benzene rings is 1. The Morgan fingerprint density at radius 1 is 1.40 bits per heavy atom. The third kappa shape index (κ3) is 3.42. The predicted molar refractivity (Wildman–Crippen MR) is 75.0 cm³/mol. The first-order valence-electron chi connectivity index (χ1n) is 6.45. The maximum Gasteiger partial charge on any atom is 0.251 e. The lowest BCUT2D eigenvalue weighted by Gasteiger charge is -2.09. The maximum absolute atomic E-state index is 11.9. The smallest absolute Gasteiger partial charge is 0.251 e. The van der Waals surface area contributed by atoms with E-state index in [1.807, 2.05) is 19.1 Å². The van der Waals surface area contributed by atoms with E-state index in [0.29, 0.717) is 17.9 Å². The van der Waals surface area contributed by atoms with Gasteiger partial charge in [-0.2, -0.15) is 5.10 Å². The summed E-state index contributed by atoms with van der Waals surface area (Å²) in [6.07, 6.45) is 1.63. The van der Waals surface area contributed by atoms with Crippen molar-refractivity contribution in [1.29, 1.82) is 0 Å². The van der Waals surface area contributed by atoms with Crippen molar-refractivity contribution in [2.45, 2.75) is 6.92 Å². The Labute approximate surface area is 117 Å². The predicted octanol–water partition coefficient (Wildman–Crippen LogP) is 0.840. The van der Waals surface area contributed by atoms with Gasteiger partial charge in [-0.3, -0.25) is 9.48 Å². The van der Waals surface area contributed by atoms with E-state index < -0.39 is 0 Å². The van der Waals surface area contributed by atoms with Crippen LogP contribution >= 0.6 is 0 Å². The van der Waals surface area contributed by atoms with Gasteiger partial charge in [-0.1, -0.05) is 19.1 Å². The van der Waals surface area contributed by atoms with Crippen LogP contribution in [0.15, 0.2) is 30.6 Å². The molecular formula is C14H18N4O2. The van der Waals surface area contributed by atoms with E-state index in [-0.39, 0.29) is 18.4 Å². The van der Waals surface area contributed by atoms with E-state index >= 15 is 0 Å². The summed E-state index contributed by atoms with van der Waals surface area (Å²) in [4.78, 5) is 16.0. The largest absolute Gasteiger partial charge is 0.396 e. The minimum absolute atomic E-state index is 0.0518. The monoisotopic (exact) mass is 274 g/mol. The average Bonchev–Trinajstić information content (AvgIpc) is 2.91. The zero-order chi connectivity index (χ0) is 14.5. The summed E-state index contributed by atoms with van der Waals surface area (Å²) in [5.74, 6) is 0.537. The molecule has 6 heteroatoms. The minimum Gasteiger partial charge on any atom is -0.396 e. The molecule has 0 aliphatic rings. The molecule has 0 saturated heterocycles. The van der Waals surface area contributed by atoms with Gasteiger partial charge < -0.3 is 10.4 Å². The third-order valence-corrected chi connectivity index (χ3v) is 2.93. The summed E-state index contributed by atoms with van der Waals surface area (Å²) in [5, 5.41) is 15.9. The molecule has 1 aromatic carbocycles. The second-order valence-corrected chi connectivity index (χ2v) is 4.82. The van der Waals surface area contributed by atoms with Crippen LogP contribution in [0.4, 0.5) is 0 Å². The summed E-state index contributed by atoms with van der Waals surface area (Å²) >= 11 is 0. The van der Waals surface area contributed by atoms with E-state index in [9.17, 15) is 4.79 Å². The Bertz CT molecular complexity index is 577. The quantitative estimate of drug-likeness (QED) is 0.846. The SMILES string of the molecule is CC(CO)CNC(=O)c1ccc(-c2ncn(C)n2)cc1. The summed E-state index contributed by atoms with van der Waals surface area (Å²) in [6, 6.07) is 7.12. The Kier molecular flexibility index (Phi) is 4.47. The van der Waals surface area contributed by atoms with Gasteiger partial charge >= 0.3 is 0 Å². The number of carbonyl (C=O) groups excluding carboxylic acids is 1. The zero-order valence-corrected chi connectivity index (χ0v) is 11.6. The Morgan fingerprint density at radius 3 is 2.65 bits per heavy atom. The van der Waals surface area contributed by atoms with Crippen molar-refractivity contribution in [2.24, 2.45) is 13.0 Å². The van der Waals surface area contributed by atoms with Gasteiger partial charge in [-0.05, 0) is 18.1 Å². The molecule has 2 rings (SSSR count). The minimum atomic E-state index is -0.147. The summed E-state index contributed by atoms with van der Waals surface area (Å²) < 4.78 is 1.63. The normalized spacial score (nSPS) is 12.2. The van der Waals surface area contributed by atoms with E-state index in [1.54, 1.807) is 30.2 Å². The highest BCUT2D eigenvalue weighted by Crippen LogP contribution is 2.14. The van der Waals surface area contributed by atoms with Crippen LogP contribution in [-0.2, 0) is 7.05 Å². The van der Waals surface area contributed by atoms with E-state index in [4.69, 9.17) is 5.11 Å². The van der Waals surface area contributed by atoms with Gasteiger partial charge in [0.25, 0.3) is 5.91 Å². The lowest BCUT2D eigenvalue weighted by molar-refractivity contribution is 0.0942. The maximum atomic E-state index is 11.9. The van der Waals surface area contributed by atoms with Gasteiger partial charge in [0.15, 0.2) is 5.82 Å². The Morgan fingerprint density at radius 2 is 2.10 bits per heavy atom. The average molecular weight is 274 g/mol. The number of amides is 1. The topological polar surface area (TPSA) is 80.0 Å². The van der Waals surface area contributed by atoms with Gasteiger partial charge in [0.05, 0.1) is 0 Å². The molecule has 0 saturated carbocycles. The molecule has 106 valence electrons. The molecule has 2 aromatic rings. The van der Waals surface area contributed by atoms with Gasteiger partial charge in [0.1, 0.15) is 6.33 Å². The van der Waals surface area contributed by atoms with Gasteiger partial charge in [0, 0.05) is 31.3 Å². The highest BCUT2D eigenvalue weighted by atomic mass is 16.3. The summed E-state index contributed by atoms with van der Waals surface area (Å²) in [5.41, 5.74) is 1.45. The fraction of sp³-hybridized carbons (Fsp3) is 0.357. The third-order valence-electron chi connectivity index (χ3n) is 2.93. The fourth-order valence-electron chi connectivity index (χ4n) is 1.68. The molecule has 1 heterocycles. The molecule has 20 heavy (non-hydrogen) atoms.